The van der Waals surface area contributed by atoms with E-state index in [4.69, 9.17) is 17.3 Å². The molecule has 0 radical (unpaired) electrons. The Morgan fingerprint density at radius 3 is 2.69 bits per heavy atom. The monoisotopic (exact) mass is 238 g/mol. The summed E-state index contributed by atoms with van der Waals surface area (Å²) in [4.78, 5) is 0. The van der Waals surface area contributed by atoms with Crippen LogP contribution in [0, 0.1) is 0 Å². The van der Waals surface area contributed by atoms with E-state index >= 15 is 0 Å². The van der Waals surface area contributed by atoms with Crippen molar-refractivity contribution in [1.82, 2.24) is 5.32 Å². The van der Waals surface area contributed by atoms with E-state index in [1.165, 1.54) is 24.8 Å². The van der Waals surface area contributed by atoms with E-state index in [1.807, 2.05) is 18.2 Å². The molecule has 1 atom stereocenters. The average Bonchev–Trinajstić information content (AvgIpc) is 2.23. The molecule has 2 nitrogen and oxygen atoms in total. The quantitative estimate of drug-likeness (QED) is 0.828. The van der Waals surface area contributed by atoms with E-state index < -0.39 is 0 Å². The summed E-state index contributed by atoms with van der Waals surface area (Å²) in [6.07, 6.45) is 3.97. The molecule has 1 saturated carbocycles. The second-order valence-electron chi connectivity index (χ2n) is 4.49. The van der Waals surface area contributed by atoms with Crippen LogP contribution in [0.25, 0.3) is 0 Å². The minimum absolute atomic E-state index is 0.328. The number of benzene rings is 1. The van der Waals surface area contributed by atoms with Gasteiger partial charge in [-0.25, -0.2) is 0 Å². The fourth-order valence-corrected chi connectivity index (χ4v) is 2.34. The van der Waals surface area contributed by atoms with Crippen molar-refractivity contribution in [3.8, 4) is 0 Å². The van der Waals surface area contributed by atoms with E-state index in [1.54, 1.807) is 0 Å². The molecule has 1 unspecified atom stereocenters. The second-order valence-corrected chi connectivity index (χ2v) is 4.90. The molecule has 1 aromatic carbocycles. The normalized spacial score (nSPS) is 18.1. The summed E-state index contributed by atoms with van der Waals surface area (Å²) in [5, 5.41) is 4.38. The molecule has 1 aliphatic carbocycles. The highest BCUT2D eigenvalue weighted by molar-refractivity contribution is 6.31. The molecule has 0 heterocycles. The highest BCUT2D eigenvalue weighted by Crippen LogP contribution is 2.24. The second kappa shape index (κ2) is 5.67. The maximum absolute atomic E-state index is 6.18. The number of nitrogens with one attached hydrogen (secondary N) is 1. The highest BCUT2D eigenvalue weighted by Gasteiger charge is 2.19. The van der Waals surface area contributed by atoms with Gasteiger partial charge in [0.2, 0.25) is 0 Å². The zero-order valence-corrected chi connectivity index (χ0v) is 10.2. The van der Waals surface area contributed by atoms with E-state index in [9.17, 15) is 0 Å². The van der Waals surface area contributed by atoms with Gasteiger partial charge in [-0.15, -0.1) is 0 Å². The summed E-state index contributed by atoms with van der Waals surface area (Å²) in [7, 11) is 0. The summed E-state index contributed by atoms with van der Waals surface area (Å²) in [6.45, 7) is 1.58. The van der Waals surface area contributed by atoms with Crippen molar-refractivity contribution in [2.75, 3.05) is 13.1 Å². The molecule has 0 spiro atoms. The Morgan fingerprint density at radius 2 is 2.12 bits per heavy atom. The van der Waals surface area contributed by atoms with Gasteiger partial charge in [-0.3, -0.25) is 0 Å². The Bertz CT molecular complexity index is 336. The molecule has 3 N–H and O–H groups in total. The van der Waals surface area contributed by atoms with E-state index in [-0.39, 0.29) is 0 Å². The largest absolute Gasteiger partial charge is 0.330 e. The Hall–Kier alpha value is -0.570. The van der Waals surface area contributed by atoms with Gasteiger partial charge in [0.25, 0.3) is 0 Å². The van der Waals surface area contributed by atoms with Gasteiger partial charge in [-0.1, -0.05) is 36.2 Å². The number of nitrogens with two attached hydrogens (primary N) is 1. The molecule has 88 valence electrons. The topological polar surface area (TPSA) is 38.0 Å². The Kier molecular flexibility index (Phi) is 4.22. The van der Waals surface area contributed by atoms with Crippen molar-refractivity contribution in [2.45, 2.75) is 31.2 Å². The molecule has 3 heteroatoms. The van der Waals surface area contributed by atoms with Gasteiger partial charge in [0.05, 0.1) is 0 Å². The molecule has 0 saturated heterocycles. The Balaban J connectivity index is 1.95. The maximum atomic E-state index is 6.18. The fourth-order valence-electron chi connectivity index (χ4n) is 2.05. The number of halogens is 1. The molecule has 0 amide bonds. The van der Waals surface area contributed by atoms with Crippen molar-refractivity contribution in [3.63, 3.8) is 0 Å². The molecule has 0 aliphatic heterocycles. The lowest BCUT2D eigenvalue weighted by Crippen LogP contribution is -2.39. The predicted octanol–water partition coefficient (Wildman–Crippen LogP) is 2.52. The summed E-state index contributed by atoms with van der Waals surface area (Å²) in [5.74, 6) is 0.328. The molecule has 1 aromatic rings. The minimum Gasteiger partial charge on any atom is -0.330 e. The number of hydrogen-bond acceptors (Lipinski definition) is 2. The van der Waals surface area contributed by atoms with Crippen molar-refractivity contribution in [3.05, 3.63) is 34.9 Å². The highest BCUT2D eigenvalue weighted by atomic mass is 35.5. The van der Waals surface area contributed by atoms with Crippen LogP contribution >= 0.6 is 11.6 Å². The van der Waals surface area contributed by atoms with Gasteiger partial charge in [0, 0.05) is 30.1 Å². The molecular weight excluding hydrogens is 220 g/mol. The van der Waals surface area contributed by atoms with Crippen molar-refractivity contribution in [1.29, 1.82) is 0 Å². The number of rotatable bonds is 5. The van der Waals surface area contributed by atoms with Gasteiger partial charge >= 0.3 is 0 Å². The molecular formula is C13H19ClN2. The first-order valence-corrected chi connectivity index (χ1v) is 6.37. The van der Waals surface area contributed by atoms with Crippen molar-refractivity contribution < 1.29 is 0 Å². The third-order valence-electron chi connectivity index (χ3n) is 3.39. The van der Waals surface area contributed by atoms with Crippen LogP contribution in [0.15, 0.2) is 24.3 Å². The smallest absolute Gasteiger partial charge is 0.0441 e. The molecule has 2 rings (SSSR count). The molecule has 0 bridgehead atoms. The lowest BCUT2D eigenvalue weighted by Gasteiger charge is -2.29. The van der Waals surface area contributed by atoms with Gasteiger partial charge in [0.15, 0.2) is 0 Å². The van der Waals surface area contributed by atoms with Crippen molar-refractivity contribution >= 4 is 11.6 Å². The fraction of sp³-hybridized carbons (Fsp3) is 0.538. The third kappa shape index (κ3) is 2.76. The summed E-state index contributed by atoms with van der Waals surface area (Å²) in [5.41, 5.74) is 6.99. The first kappa shape index (κ1) is 11.9. The summed E-state index contributed by atoms with van der Waals surface area (Å²) in [6, 6.07) is 8.69. The van der Waals surface area contributed by atoms with Gasteiger partial charge in [-0.05, 0) is 24.5 Å². The third-order valence-corrected chi connectivity index (χ3v) is 3.73. The SMILES string of the molecule is NCC(CNC1CCC1)c1ccccc1Cl. The van der Waals surface area contributed by atoms with Gasteiger partial charge in [0.1, 0.15) is 0 Å². The van der Waals surface area contributed by atoms with Crippen LogP contribution in [0.1, 0.15) is 30.7 Å². The maximum Gasteiger partial charge on any atom is 0.0441 e. The van der Waals surface area contributed by atoms with Crippen LogP contribution in [0.5, 0.6) is 0 Å². The van der Waals surface area contributed by atoms with Gasteiger partial charge < -0.3 is 11.1 Å². The zero-order valence-electron chi connectivity index (χ0n) is 9.45. The van der Waals surface area contributed by atoms with Crippen molar-refractivity contribution in [2.24, 2.45) is 5.73 Å². The average molecular weight is 239 g/mol. The van der Waals surface area contributed by atoms with Crippen LogP contribution in [-0.2, 0) is 0 Å². The van der Waals surface area contributed by atoms with Crippen LogP contribution in [0.4, 0.5) is 0 Å². The first-order valence-electron chi connectivity index (χ1n) is 5.99. The Labute approximate surface area is 102 Å². The van der Waals surface area contributed by atoms with E-state index in [0.717, 1.165) is 11.6 Å². The van der Waals surface area contributed by atoms with Crippen LogP contribution < -0.4 is 11.1 Å². The van der Waals surface area contributed by atoms with E-state index in [2.05, 4.69) is 11.4 Å². The summed E-state index contributed by atoms with van der Waals surface area (Å²) >= 11 is 6.18. The molecule has 1 aliphatic rings. The zero-order chi connectivity index (χ0) is 11.4. The molecule has 1 fully saturated rings. The lowest BCUT2D eigenvalue weighted by molar-refractivity contribution is 0.332. The lowest BCUT2D eigenvalue weighted by atomic mass is 9.91. The van der Waals surface area contributed by atoms with Crippen LogP contribution in [0.2, 0.25) is 5.02 Å². The van der Waals surface area contributed by atoms with E-state index in [0.29, 0.717) is 18.5 Å². The Morgan fingerprint density at radius 1 is 1.38 bits per heavy atom. The van der Waals surface area contributed by atoms with Gasteiger partial charge in [-0.2, -0.15) is 0 Å². The predicted molar refractivity (Wildman–Crippen MR) is 68.9 cm³/mol. The summed E-state index contributed by atoms with van der Waals surface area (Å²) < 4.78 is 0. The standard InChI is InChI=1S/C13H19ClN2/c14-13-7-2-1-6-12(13)10(8-15)9-16-11-4-3-5-11/h1-2,6-7,10-11,16H,3-5,8-9,15H2. The molecule has 16 heavy (non-hydrogen) atoms. The van der Waals surface area contributed by atoms with Crippen LogP contribution in [0.3, 0.4) is 0 Å². The number of hydrogen-bond donors (Lipinski definition) is 2. The van der Waals surface area contributed by atoms with Crippen LogP contribution in [-0.4, -0.2) is 19.1 Å². The molecule has 0 aromatic heterocycles. The first-order chi connectivity index (χ1) is 7.81. The minimum atomic E-state index is 0.328.